The molecular weight excluding hydrogens is 320 g/mol. The second kappa shape index (κ2) is 4.89. The first-order valence-electron chi connectivity index (χ1n) is 9.12. The van der Waals surface area contributed by atoms with Gasteiger partial charge in [0.25, 0.3) is 0 Å². The average Bonchev–Trinajstić information content (AvgIpc) is 2.77. The molecule has 0 amide bonds. The van der Waals surface area contributed by atoms with E-state index in [1.165, 1.54) is 6.08 Å². The van der Waals surface area contributed by atoms with E-state index in [1.807, 2.05) is 20.8 Å². The Morgan fingerprint density at radius 1 is 1.20 bits per heavy atom. The minimum atomic E-state index is -1.24. The number of rotatable bonds is 1. The Kier molecular flexibility index (Phi) is 3.26. The lowest BCUT2D eigenvalue weighted by Crippen LogP contribution is -2.66. The van der Waals surface area contributed by atoms with Crippen LogP contribution in [0.1, 0.15) is 40.0 Å². The number of aldehydes is 1. The zero-order valence-electron chi connectivity index (χ0n) is 14.9. The van der Waals surface area contributed by atoms with Gasteiger partial charge in [-0.25, -0.2) is 0 Å². The molecule has 0 aromatic rings. The van der Waals surface area contributed by atoms with E-state index in [0.29, 0.717) is 12.8 Å². The topological polar surface area (TPSA) is 77.5 Å². The van der Waals surface area contributed by atoms with Crippen molar-refractivity contribution < 1.29 is 23.9 Å². The van der Waals surface area contributed by atoms with Crippen molar-refractivity contribution in [1.82, 2.24) is 0 Å². The van der Waals surface area contributed by atoms with E-state index < -0.39 is 34.1 Å². The first kappa shape index (κ1) is 16.7. The van der Waals surface area contributed by atoms with Gasteiger partial charge in [-0.2, -0.15) is 0 Å². The van der Waals surface area contributed by atoms with Gasteiger partial charge in [0.1, 0.15) is 18.3 Å². The summed E-state index contributed by atoms with van der Waals surface area (Å²) in [7, 11) is 0. The number of allylic oxidation sites excluding steroid dienone is 2. The molecule has 0 radical (unpaired) electrons. The Hall–Kier alpha value is -1.78. The van der Waals surface area contributed by atoms with E-state index in [0.717, 1.165) is 12.7 Å². The van der Waals surface area contributed by atoms with Gasteiger partial charge in [-0.1, -0.05) is 26.8 Å². The fraction of sp³-hybridized carbons (Fsp3) is 0.700. The fourth-order valence-corrected chi connectivity index (χ4v) is 6.25. The van der Waals surface area contributed by atoms with Crippen LogP contribution in [-0.2, 0) is 23.9 Å². The number of carbonyl (C=O) groups is 4. The molecule has 1 heterocycles. The highest BCUT2D eigenvalue weighted by molar-refractivity contribution is 6.10. The summed E-state index contributed by atoms with van der Waals surface area (Å²) in [5.74, 6) is -1.81. The van der Waals surface area contributed by atoms with Crippen molar-refractivity contribution >= 4 is 23.8 Å². The summed E-state index contributed by atoms with van der Waals surface area (Å²) in [5, 5.41) is 0. The van der Waals surface area contributed by atoms with Crippen molar-refractivity contribution in [3.8, 4) is 0 Å². The van der Waals surface area contributed by atoms with E-state index in [2.05, 4.69) is 0 Å². The molecule has 4 aliphatic rings. The number of carbonyl (C=O) groups excluding carboxylic acids is 4. The van der Waals surface area contributed by atoms with Crippen LogP contribution >= 0.6 is 0 Å². The minimum absolute atomic E-state index is 0.0890. The van der Waals surface area contributed by atoms with Crippen molar-refractivity contribution in [2.24, 2.45) is 39.9 Å². The normalized spacial score (nSPS) is 47.6. The lowest BCUT2D eigenvalue weighted by Gasteiger charge is -2.57. The quantitative estimate of drug-likeness (QED) is 0.414. The van der Waals surface area contributed by atoms with Crippen molar-refractivity contribution in [2.75, 3.05) is 6.61 Å². The van der Waals surface area contributed by atoms with Crippen LogP contribution < -0.4 is 0 Å². The average molecular weight is 344 g/mol. The second-order valence-corrected chi connectivity index (χ2v) is 8.97. The van der Waals surface area contributed by atoms with Crippen LogP contribution in [0.15, 0.2) is 12.2 Å². The highest BCUT2D eigenvalue weighted by atomic mass is 16.5. The zero-order valence-corrected chi connectivity index (χ0v) is 14.9. The van der Waals surface area contributed by atoms with Crippen LogP contribution in [0.4, 0.5) is 0 Å². The molecule has 2 spiro atoms. The monoisotopic (exact) mass is 344 g/mol. The van der Waals surface area contributed by atoms with Crippen LogP contribution in [0.5, 0.6) is 0 Å². The molecule has 1 aliphatic heterocycles. The maximum absolute atomic E-state index is 13.1. The van der Waals surface area contributed by atoms with Gasteiger partial charge in [0.2, 0.25) is 0 Å². The Labute approximate surface area is 147 Å². The fourth-order valence-electron chi connectivity index (χ4n) is 6.25. The highest BCUT2D eigenvalue weighted by Crippen LogP contribution is 2.66. The predicted molar refractivity (Wildman–Crippen MR) is 88.3 cm³/mol. The molecule has 0 N–H and O–H groups in total. The Morgan fingerprint density at radius 2 is 1.92 bits per heavy atom. The van der Waals surface area contributed by atoms with Crippen molar-refractivity contribution in [2.45, 2.75) is 40.0 Å². The minimum Gasteiger partial charge on any atom is -0.464 e. The van der Waals surface area contributed by atoms with Gasteiger partial charge in [0, 0.05) is 11.8 Å². The van der Waals surface area contributed by atoms with Crippen molar-refractivity contribution in [3.05, 3.63) is 12.2 Å². The van der Waals surface area contributed by atoms with E-state index >= 15 is 0 Å². The number of cyclic esters (lactones) is 1. The first-order chi connectivity index (χ1) is 11.7. The third kappa shape index (κ3) is 1.74. The van der Waals surface area contributed by atoms with Crippen LogP contribution in [0.3, 0.4) is 0 Å². The molecule has 5 heteroatoms. The summed E-state index contributed by atoms with van der Waals surface area (Å²) in [5.41, 5.74) is -2.87. The van der Waals surface area contributed by atoms with E-state index in [-0.39, 0.29) is 30.0 Å². The Morgan fingerprint density at radius 3 is 2.60 bits per heavy atom. The van der Waals surface area contributed by atoms with Gasteiger partial charge in [-0.3, -0.25) is 14.4 Å². The number of hydrogen-bond acceptors (Lipinski definition) is 5. The largest absolute Gasteiger partial charge is 0.464 e. The van der Waals surface area contributed by atoms with Crippen molar-refractivity contribution in [3.63, 3.8) is 0 Å². The molecule has 3 fully saturated rings. The maximum Gasteiger partial charge on any atom is 0.320 e. The lowest BCUT2D eigenvalue weighted by atomic mass is 9.46. The Balaban J connectivity index is 1.94. The molecule has 0 unspecified atom stereocenters. The zero-order chi connectivity index (χ0) is 18.2. The second-order valence-electron chi connectivity index (χ2n) is 8.97. The SMILES string of the molecule is C[C@H]1C(=O)[C@]23C[C@H]1CC[C@H]2[C@]1(COC3=O)C(=O)C=CC(C)(C)[C@H]1C=O. The van der Waals surface area contributed by atoms with Gasteiger partial charge in [-0.05, 0) is 42.6 Å². The van der Waals surface area contributed by atoms with Gasteiger partial charge in [-0.15, -0.1) is 0 Å². The molecule has 1 saturated heterocycles. The number of hydrogen-bond donors (Lipinski definition) is 0. The summed E-state index contributed by atoms with van der Waals surface area (Å²) >= 11 is 0. The van der Waals surface area contributed by atoms with Gasteiger partial charge >= 0.3 is 5.97 Å². The number of Topliss-reactive ketones (excluding diaryl/α,β-unsaturated/α-hetero) is 1. The van der Waals surface area contributed by atoms with Crippen LogP contribution in [0, 0.1) is 39.9 Å². The molecule has 2 bridgehead atoms. The van der Waals surface area contributed by atoms with Gasteiger partial charge < -0.3 is 9.53 Å². The van der Waals surface area contributed by atoms with E-state index in [1.54, 1.807) is 6.08 Å². The summed E-state index contributed by atoms with van der Waals surface area (Å²) in [6, 6.07) is 0. The number of ketones is 2. The lowest BCUT2D eigenvalue weighted by molar-refractivity contribution is -0.202. The van der Waals surface area contributed by atoms with Crippen LogP contribution in [0.2, 0.25) is 0 Å². The van der Waals surface area contributed by atoms with Gasteiger partial charge in [0.05, 0.1) is 5.41 Å². The molecule has 0 aromatic carbocycles. The van der Waals surface area contributed by atoms with Gasteiger partial charge in [0.15, 0.2) is 11.6 Å². The third-order valence-corrected chi connectivity index (χ3v) is 7.61. The third-order valence-electron chi connectivity index (χ3n) is 7.61. The molecule has 25 heavy (non-hydrogen) atoms. The molecule has 5 nitrogen and oxygen atoms in total. The van der Waals surface area contributed by atoms with E-state index in [9.17, 15) is 19.2 Å². The summed E-state index contributed by atoms with van der Waals surface area (Å²) in [6.07, 6.45) is 6.03. The Bertz CT molecular complexity index is 720. The highest BCUT2D eigenvalue weighted by Gasteiger charge is 2.74. The molecule has 4 rings (SSSR count). The van der Waals surface area contributed by atoms with Crippen LogP contribution in [-0.4, -0.2) is 30.4 Å². The van der Waals surface area contributed by atoms with Crippen molar-refractivity contribution in [1.29, 1.82) is 0 Å². The number of fused-ring (bicyclic) bond motifs is 2. The maximum atomic E-state index is 13.1. The summed E-state index contributed by atoms with van der Waals surface area (Å²) < 4.78 is 5.50. The van der Waals surface area contributed by atoms with E-state index in [4.69, 9.17) is 4.74 Å². The molecule has 0 aromatic heterocycles. The predicted octanol–water partition coefficient (Wildman–Crippen LogP) is 2.13. The summed E-state index contributed by atoms with van der Waals surface area (Å²) in [4.78, 5) is 51.1. The molecule has 2 saturated carbocycles. The van der Waals surface area contributed by atoms with Crippen LogP contribution in [0.25, 0.3) is 0 Å². The molecule has 134 valence electrons. The molecule has 3 aliphatic carbocycles. The number of esters is 1. The number of ether oxygens (including phenoxy) is 1. The molecule has 6 atom stereocenters. The smallest absolute Gasteiger partial charge is 0.320 e. The molecular formula is C20H24O5. The first-order valence-corrected chi connectivity index (χ1v) is 9.12. The summed E-state index contributed by atoms with van der Waals surface area (Å²) in [6.45, 7) is 5.62. The standard InChI is InChI=1S/C20H24O5/c1-11-12-4-5-13-19(8-12,16(11)23)17(24)25-10-20(13)14(9-21)18(2,3)7-6-15(20)22/h6-7,9,11-14H,4-5,8,10H2,1-3H3/t11-,12-,13-,14-,19+,20+/m1/s1.